The van der Waals surface area contributed by atoms with Crippen molar-refractivity contribution in [3.8, 4) is 0 Å². The SMILES string of the molecule is CC(C)(C)C1(C(=O)O)CCC(=O)CC1. The smallest absolute Gasteiger partial charge is 0.310 e. The molecule has 0 aliphatic heterocycles. The summed E-state index contributed by atoms with van der Waals surface area (Å²) in [6, 6.07) is 0. The monoisotopic (exact) mass is 198 g/mol. The molecular weight excluding hydrogens is 180 g/mol. The van der Waals surface area contributed by atoms with Gasteiger partial charge in [-0.05, 0) is 18.3 Å². The molecule has 0 amide bonds. The zero-order valence-corrected chi connectivity index (χ0v) is 9.09. The molecule has 1 fully saturated rings. The molecular formula is C11H18O3. The van der Waals surface area contributed by atoms with Crippen molar-refractivity contribution in [3.05, 3.63) is 0 Å². The van der Waals surface area contributed by atoms with Crippen molar-refractivity contribution < 1.29 is 14.7 Å². The van der Waals surface area contributed by atoms with Gasteiger partial charge in [0.1, 0.15) is 5.78 Å². The van der Waals surface area contributed by atoms with Crippen LogP contribution in [-0.2, 0) is 9.59 Å². The minimum atomic E-state index is -0.752. The molecule has 3 heteroatoms. The summed E-state index contributed by atoms with van der Waals surface area (Å²) in [4.78, 5) is 22.4. The fourth-order valence-electron chi connectivity index (χ4n) is 2.24. The number of hydrogen-bond donors (Lipinski definition) is 1. The highest BCUT2D eigenvalue weighted by Gasteiger charge is 2.50. The average molecular weight is 198 g/mol. The lowest BCUT2D eigenvalue weighted by atomic mass is 9.59. The maximum Gasteiger partial charge on any atom is 0.310 e. The summed E-state index contributed by atoms with van der Waals surface area (Å²) in [6.07, 6.45) is 1.82. The Kier molecular flexibility index (Phi) is 2.70. The molecule has 1 N–H and O–H groups in total. The fraction of sp³-hybridized carbons (Fsp3) is 0.818. The van der Waals surface area contributed by atoms with Crippen molar-refractivity contribution in [2.24, 2.45) is 10.8 Å². The van der Waals surface area contributed by atoms with Crippen LogP contribution < -0.4 is 0 Å². The number of rotatable bonds is 1. The second-order valence-corrected chi connectivity index (χ2v) is 5.18. The number of ketones is 1. The Bertz CT molecular complexity index is 250. The van der Waals surface area contributed by atoms with E-state index in [4.69, 9.17) is 0 Å². The minimum absolute atomic E-state index is 0.200. The van der Waals surface area contributed by atoms with Gasteiger partial charge in [0, 0.05) is 12.8 Å². The number of Topliss-reactive ketones (excluding diaryl/α,β-unsaturated/α-hetero) is 1. The molecule has 0 radical (unpaired) electrons. The van der Waals surface area contributed by atoms with Gasteiger partial charge in [-0.15, -0.1) is 0 Å². The maximum atomic E-state index is 11.3. The lowest BCUT2D eigenvalue weighted by Crippen LogP contribution is -2.45. The third kappa shape index (κ3) is 1.68. The Morgan fingerprint density at radius 3 is 2.00 bits per heavy atom. The summed E-state index contributed by atoms with van der Waals surface area (Å²) >= 11 is 0. The Balaban J connectivity index is 2.96. The van der Waals surface area contributed by atoms with E-state index in [0.29, 0.717) is 25.7 Å². The molecule has 0 aromatic heterocycles. The van der Waals surface area contributed by atoms with Crippen molar-refractivity contribution in [1.29, 1.82) is 0 Å². The van der Waals surface area contributed by atoms with Gasteiger partial charge in [-0.3, -0.25) is 9.59 Å². The van der Waals surface area contributed by atoms with Crippen LogP contribution in [-0.4, -0.2) is 16.9 Å². The third-order valence-corrected chi connectivity index (χ3v) is 3.51. The number of carbonyl (C=O) groups is 2. The molecule has 0 heterocycles. The van der Waals surface area contributed by atoms with Crippen LogP contribution in [0, 0.1) is 10.8 Å². The van der Waals surface area contributed by atoms with E-state index in [1.807, 2.05) is 20.8 Å². The molecule has 0 bridgehead atoms. The summed E-state index contributed by atoms with van der Waals surface area (Å²) in [5, 5.41) is 9.30. The van der Waals surface area contributed by atoms with Gasteiger partial charge in [-0.1, -0.05) is 20.8 Å². The summed E-state index contributed by atoms with van der Waals surface area (Å²) in [7, 11) is 0. The largest absolute Gasteiger partial charge is 0.481 e. The van der Waals surface area contributed by atoms with Gasteiger partial charge in [0.25, 0.3) is 0 Å². The Hall–Kier alpha value is -0.860. The van der Waals surface area contributed by atoms with Crippen LogP contribution in [0.4, 0.5) is 0 Å². The molecule has 0 saturated heterocycles. The van der Waals surface area contributed by atoms with Crippen molar-refractivity contribution in [2.45, 2.75) is 46.5 Å². The molecule has 0 atom stereocenters. The molecule has 1 rings (SSSR count). The average Bonchev–Trinajstić information content (AvgIpc) is 2.02. The zero-order valence-electron chi connectivity index (χ0n) is 9.09. The van der Waals surface area contributed by atoms with Gasteiger partial charge in [-0.25, -0.2) is 0 Å². The van der Waals surface area contributed by atoms with Crippen LogP contribution in [0.2, 0.25) is 0 Å². The van der Waals surface area contributed by atoms with Crippen molar-refractivity contribution in [1.82, 2.24) is 0 Å². The molecule has 0 aromatic carbocycles. The number of carboxylic acids is 1. The zero-order chi connectivity index (χ0) is 11.0. The van der Waals surface area contributed by atoms with Gasteiger partial charge >= 0.3 is 5.97 Å². The molecule has 14 heavy (non-hydrogen) atoms. The molecule has 80 valence electrons. The van der Waals surface area contributed by atoms with E-state index in [1.54, 1.807) is 0 Å². The van der Waals surface area contributed by atoms with Crippen LogP contribution in [0.25, 0.3) is 0 Å². The first-order valence-electron chi connectivity index (χ1n) is 5.05. The highest BCUT2D eigenvalue weighted by molar-refractivity contribution is 5.84. The van der Waals surface area contributed by atoms with Crippen LogP contribution >= 0.6 is 0 Å². The van der Waals surface area contributed by atoms with Gasteiger partial charge in [0.05, 0.1) is 5.41 Å². The van der Waals surface area contributed by atoms with Crippen molar-refractivity contribution >= 4 is 11.8 Å². The molecule has 1 aliphatic rings. The van der Waals surface area contributed by atoms with E-state index in [1.165, 1.54) is 0 Å². The summed E-state index contributed by atoms with van der Waals surface area (Å²) < 4.78 is 0. The predicted molar refractivity (Wildman–Crippen MR) is 53.0 cm³/mol. The lowest BCUT2D eigenvalue weighted by Gasteiger charge is -2.43. The van der Waals surface area contributed by atoms with Crippen LogP contribution in [0.15, 0.2) is 0 Å². The van der Waals surface area contributed by atoms with E-state index in [0.717, 1.165) is 0 Å². The normalized spacial score (nSPS) is 22.1. The summed E-state index contributed by atoms with van der Waals surface area (Å²) in [5.74, 6) is -0.552. The van der Waals surface area contributed by atoms with E-state index in [-0.39, 0.29) is 11.2 Å². The number of aliphatic carboxylic acids is 1. The molecule has 0 spiro atoms. The molecule has 1 saturated carbocycles. The lowest BCUT2D eigenvalue weighted by molar-refractivity contribution is -0.160. The molecule has 0 aromatic rings. The van der Waals surface area contributed by atoms with E-state index in [2.05, 4.69) is 0 Å². The van der Waals surface area contributed by atoms with Crippen molar-refractivity contribution in [3.63, 3.8) is 0 Å². The first-order valence-corrected chi connectivity index (χ1v) is 5.05. The number of carbonyl (C=O) groups excluding carboxylic acids is 1. The van der Waals surface area contributed by atoms with Crippen LogP contribution in [0.1, 0.15) is 46.5 Å². The Morgan fingerprint density at radius 2 is 1.71 bits per heavy atom. The molecule has 0 unspecified atom stereocenters. The first kappa shape index (κ1) is 11.2. The van der Waals surface area contributed by atoms with E-state index in [9.17, 15) is 14.7 Å². The van der Waals surface area contributed by atoms with Gasteiger partial charge < -0.3 is 5.11 Å². The van der Waals surface area contributed by atoms with Gasteiger partial charge in [0.2, 0.25) is 0 Å². The number of hydrogen-bond acceptors (Lipinski definition) is 2. The Morgan fingerprint density at radius 1 is 1.29 bits per heavy atom. The van der Waals surface area contributed by atoms with Gasteiger partial charge in [0.15, 0.2) is 0 Å². The Labute approximate surface area is 84.5 Å². The second-order valence-electron chi connectivity index (χ2n) is 5.18. The first-order chi connectivity index (χ1) is 6.29. The topological polar surface area (TPSA) is 54.4 Å². The van der Waals surface area contributed by atoms with Crippen LogP contribution in [0.3, 0.4) is 0 Å². The second kappa shape index (κ2) is 3.37. The maximum absolute atomic E-state index is 11.3. The van der Waals surface area contributed by atoms with Crippen LogP contribution in [0.5, 0.6) is 0 Å². The molecule has 1 aliphatic carbocycles. The predicted octanol–water partition coefficient (Wildman–Crippen LogP) is 2.25. The highest BCUT2D eigenvalue weighted by Crippen LogP contribution is 2.48. The molecule has 3 nitrogen and oxygen atoms in total. The fourth-order valence-corrected chi connectivity index (χ4v) is 2.24. The minimum Gasteiger partial charge on any atom is -0.481 e. The standard InChI is InChI=1S/C11H18O3/c1-10(2,3)11(9(13)14)6-4-8(12)5-7-11/h4-7H2,1-3H3,(H,13,14). The third-order valence-electron chi connectivity index (χ3n) is 3.51. The van der Waals surface area contributed by atoms with Crippen molar-refractivity contribution in [2.75, 3.05) is 0 Å². The van der Waals surface area contributed by atoms with Gasteiger partial charge in [-0.2, -0.15) is 0 Å². The quantitative estimate of drug-likeness (QED) is 0.703. The summed E-state index contributed by atoms with van der Waals surface area (Å²) in [5.41, 5.74) is -0.986. The summed E-state index contributed by atoms with van der Waals surface area (Å²) in [6.45, 7) is 5.82. The van der Waals surface area contributed by atoms with E-state index < -0.39 is 11.4 Å². The van der Waals surface area contributed by atoms with E-state index >= 15 is 0 Å². The number of carboxylic acid groups (broad SMARTS) is 1. The highest BCUT2D eigenvalue weighted by atomic mass is 16.4.